The van der Waals surface area contributed by atoms with Crippen molar-refractivity contribution in [3.63, 3.8) is 0 Å². The van der Waals surface area contributed by atoms with E-state index in [4.69, 9.17) is 9.47 Å². The number of hydrogen-bond donors (Lipinski definition) is 2. The van der Waals surface area contributed by atoms with Gasteiger partial charge >= 0.3 is 5.97 Å². The molecule has 2 fully saturated rings. The third-order valence-electron chi connectivity index (χ3n) is 9.81. The van der Waals surface area contributed by atoms with Crippen LogP contribution in [0, 0.1) is 17.8 Å². The summed E-state index contributed by atoms with van der Waals surface area (Å²) in [6.07, 6.45) is 7.80. The fourth-order valence-corrected chi connectivity index (χ4v) is 8.41. The summed E-state index contributed by atoms with van der Waals surface area (Å²) >= 11 is 3.61. The van der Waals surface area contributed by atoms with E-state index in [1.165, 1.54) is 4.90 Å². The number of unbranched alkanes of at least 4 members (excludes halogenated alkanes) is 2. The molecule has 8 atom stereocenters. The normalized spacial score (nSPS) is 32.7. The number of carbonyl (C=O) groups excluding carboxylic acids is 4. The second-order valence-corrected chi connectivity index (χ2v) is 14.6. The molecule has 0 radical (unpaired) electrons. The quantitative estimate of drug-likeness (QED) is 0.221. The number of amides is 3. The van der Waals surface area contributed by atoms with Gasteiger partial charge in [0.15, 0.2) is 0 Å². The van der Waals surface area contributed by atoms with Crippen molar-refractivity contribution < 1.29 is 33.8 Å². The maximum absolute atomic E-state index is 14.8. The summed E-state index contributed by atoms with van der Waals surface area (Å²) < 4.78 is 13.5. The standard InChI is InChI=1S/C36H48BrN3O7/c1-5-6-12-17-39-18-13-8-11-16-27(42)38-23(4)30(24-14-9-7-10-15-24)46-35(45)28-29-33(43)40(25(21-41)19-22(2)3)32(34(39)44)36(29)20-26(37)31(28)47-36/h7-10,13-15,20,22-23,25,28-32,41H,5-6,11-12,16-19,21H2,1-4H3,(H,38,42)/b13-8-/t23-,25+,28+,29-,30+,31+,32+,36-/m0/s1. The van der Waals surface area contributed by atoms with E-state index in [1.807, 2.05) is 56.3 Å². The summed E-state index contributed by atoms with van der Waals surface area (Å²) in [5, 5.41) is 13.6. The number of carbonyl (C=O) groups is 4. The van der Waals surface area contributed by atoms with E-state index in [1.54, 1.807) is 17.9 Å². The van der Waals surface area contributed by atoms with Crippen molar-refractivity contribution in [2.24, 2.45) is 17.8 Å². The lowest BCUT2D eigenvalue weighted by atomic mass is 9.74. The average molecular weight is 715 g/mol. The van der Waals surface area contributed by atoms with Gasteiger partial charge in [-0.25, -0.2) is 0 Å². The van der Waals surface area contributed by atoms with Crippen LogP contribution in [0.4, 0.5) is 0 Å². The van der Waals surface area contributed by atoms with Crippen LogP contribution in [-0.4, -0.2) is 88.1 Å². The molecule has 2 N–H and O–H groups in total. The average Bonchev–Trinajstić information content (AvgIpc) is 3.64. The second kappa shape index (κ2) is 15.0. The minimum atomic E-state index is -1.42. The Kier molecular flexibility index (Phi) is 11.3. The van der Waals surface area contributed by atoms with E-state index >= 15 is 0 Å². The third kappa shape index (κ3) is 6.94. The van der Waals surface area contributed by atoms with Gasteiger partial charge in [0.25, 0.3) is 0 Å². The molecule has 1 aromatic rings. The van der Waals surface area contributed by atoms with E-state index < -0.39 is 59.6 Å². The molecule has 47 heavy (non-hydrogen) atoms. The van der Waals surface area contributed by atoms with E-state index in [9.17, 15) is 24.3 Å². The molecule has 5 rings (SSSR count). The number of hydrogen-bond acceptors (Lipinski definition) is 7. The van der Waals surface area contributed by atoms with Crippen LogP contribution in [0.1, 0.15) is 77.9 Å². The molecule has 1 aromatic carbocycles. The molecule has 256 valence electrons. The Hall–Kier alpha value is -3.02. The summed E-state index contributed by atoms with van der Waals surface area (Å²) in [5.74, 6) is -3.44. The molecule has 10 nitrogen and oxygen atoms in total. The van der Waals surface area contributed by atoms with Crippen molar-refractivity contribution in [1.29, 1.82) is 0 Å². The second-order valence-electron chi connectivity index (χ2n) is 13.7. The maximum atomic E-state index is 14.8. The number of nitrogens with one attached hydrogen (secondary N) is 1. The van der Waals surface area contributed by atoms with Gasteiger partial charge in [-0.05, 0) is 43.7 Å². The first-order valence-corrected chi connectivity index (χ1v) is 17.8. The van der Waals surface area contributed by atoms with Gasteiger partial charge in [-0.1, -0.05) is 92.0 Å². The first-order chi connectivity index (χ1) is 22.5. The van der Waals surface area contributed by atoms with Crippen molar-refractivity contribution in [3.8, 4) is 0 Å². The predicted molar refractivity (Wildman–Crippen MR) is 180 cm³/mol. The SMILES string of the molecule is CCCCCN1C/C=C\CCC(=O)N[C@@H](C)[C@H](c2ccccc2)OC(=O)[C@H]2[C@@H]3O[C@@]4(C=C3Br)[C@@H]2C(=O)N([C@@H](CO)CC(C)C)[C@@H]4C1=O. The number of esters is 1. The molecular weight excluding hydrogens is 666 g/mol. The molecule has 3 amide bonds. The Labute approximate surface area is 286 Å². The van der Waals surface area contributed by atoms with E-state index in [-0.39, 0.29) is 30.8 Å². The molecule has 1 spiro atoms. The van der Waals surface area contributed by atoms with Crippen molar-refractivity contribution in [2.45, 2.75) is 102 Å². The van der Waals surface area contributed by atoms with Crippen molar-refractivity contribution in [2.75, 3.05) is 19.7 Å². The Morgan fingerprint density at radius 1 is 1.06 bits per heavy atom. The van der Waals surface area contributed by atoms with Gasteiger partial charge in [0, 0.05) is 24.0 Å². The van der Waals surface area contributed by atoms with Gasteiger partial charge in [0.1, 0.15) is 29.8 Å². The Balaban J connectivity index is 1.62. The van der Waals surface area contributed by atoms with Crippen LogP contribution in [0.25, 0.3) is 0 Å². The highest BCUT2D eigenvalue weighted by Gasteiger charge is 2.75. The molecule has 2 saturated heterocycles. The van der Waals surface area contributed by atoms with Crippen LogP contribution in [0.5, 0.6) is 0 Å². The molecule has 11 heteroatoms. The van der Waals surface area contributed by atoms with Gasteiger partial charge in [-0.15, -0.1) is 0 Å². The number of aliphatic hydroxyl groups excluding tert-OH is 1. The number of allylic oxidation sites excluding steroid dienone is 1. The highest BCUT2D eigenvalue weighted by atomic mass is 79.9. The van der Waals surface area contributed by atoms with Gasteiger partial charge in [-0.3, -0.25) is 19.2 Å². The summed E-state index contributed by atoms with van der Waals surface area (Å²) in [5.41, 5.74) is -0.721. The van der Waals surface area contributed by atoms with Crippen LogP contribution >= 0.6 is 15.9 Å². The number of likely N-dealkylation sites (tertiary alicyclic amines) is 1. The number of rotatable bonds is 9. The van der Waals surface area contributed by atoms with E-state index in [0.717, 1.165) is 19.3 Å². The molecule has 4 heterocycles. The maximum Gasteiger partial charge on any atom is 0.313 e. The zero-order chi connectivity index (χ0) is 33.9. The van der Waals surface area contributed by atoms with Gasteiger partial charge < -0.3 is 29.7 Å². The minimum absolute atomic E-state index is 0.131. The molecule has 0 aliphatic carbocycles. The molecule has 4 aliphatic heterocycles. The molecule has 0 saturated carbocycles. The van der Waals surface area contributed by atoms with E-state index in [2.05, 4.69) is 28.2 Å². The number of nitrogens with zero attached hydrogens (tertiary/aromatic N) is 2. The summed E-state index contributed by atoms with van der Waals surface area (Å²) in [6.45, 7) is 8.34. The van der Waals surface area contributed by atoms with Crippen LogP contribution in [0.2, 0.25) is 0 Å². The smallest absolute Gasteiger partial charge is 0.313 e. The zero-order valence-electron chi connectivity index (χ0n) is 27.8. The van der Waals surface area contributed by atoms with Crippen molar-refractivity contribution >= 4 is 39.6 Å². The molecule has 0 aromatic heterocycles. The number of fused-ring (bicyclic) bond motifs is 2. The van der Waals surface area contributed by atoms with Gasteiger partial charge in [-0.2, -0.15) is 0 Å². The molecule has 4 aliphatic rings. The summed E-state index contributed by atoms with van der Waals surface area (Å²) in [4.78, 5) is 60.1. The lowest BCUT2D eigenvalue weighted by Gasteiger charge is -2.39. The van der Waals surface area contributed by atoms with Crippen LogP contribution in [0.15, 0.2) is 53.0 Å². The van der Waals surface area contributed by atoms with Crippen LogP contribution in [0.3, 0.4) is 0 Å². The third-order valence-corrected chi connectivity index (χ3v) is 10.5. The molecule has 5 bridgehead atoms. The molecule has 0 unspecified atom stereocenters. The van der Waals surface area contributed by atoms with Crippen molar-refractivity contribution in [3.05, 3.63) is 58.6 Å². The fraction of sp³-hybridized carbons (Fsp3) is 0.611. The Bertz CT molecular complexity index is 1380. The topological polar surface area (TPSA) is 125 Å². The Morgan fingerprint density at radius 3 is 2.49 bits per heavy atom. The number of aliphatic hydroxyl groups is 1. The Morgan fingerprint density at radius 2 is 1.81 bits per heavy atom. The molecular formula is C36H48BrN3O7. The number of ether oxygens (including phenoxy) is 2. The monoisotopic (exact) mass is 713 g/mol. The fourth-order valence-electron chi connectivity index (χ4n) is 7.68. The van der Waals surface area contributed by atoms with Gasteiger partial charge in [0.05, 0.1) is 24.6 Å². The number of halogens is 1. The van der Waals surface area contributed by atoms with Gasteiger partial charge in [0.2, 0.25) is 17.7 Å². The van der Waals surface area contributed by atoms with E-state index in [0.29, 0.717) is 36.0 Å². The zero-order valence-corrected chi connectivity index (χ0v) is 29.4. The first kappa shape index (κ1) is 35.3. The highest BCUT2D eigenvalue weighted by Crippen LogP contribution is 2.59. The number of cyclic esters (lactones) is 1. The summed E-state index contributed by atoms with van der Waals surface area (Å²) in [6, 6.07) is 6.92. The predicted octanol–water partition coefficient (Wildman–Crippen LogP) is 4.42. The minimum Gasteiger partial charge on any atom is -0.455 e. The lowest BCUT2D eigenvalue weighted by Crippen LogP contribution is -2.58. The van der Waals surface area contributed by atoms with Crippen LogP contribution < -0.4 is 5.32 Å². The van der Waals surface area contributed by atoms with Crippen molar-refractivity contribution in [1.82, 2.24) is 15.1 Å². The highest BCUT2D eigenvalue weighted by molar-refractivity contribution is 9.11. The largest absolute Gasteiger partial charge is 0.455 e. The number of benzene rings is 1. The summed E-state index contributed by atoms with van der Waals surface area (Å²) in [7, 11) is 0. The first-order valence-electron chi connectivity index (χ1n) is 17.0. The van der Waals surface area contributed by atoms with Crippen LogP contribution in [-0.2, 0) is 28.7 Å². The lowest BCUT2D eigenvalue weighted by molar-refractivity contribution is -0.162.